The Morgan fingerprint density at radius 1 is 1.25 bits per heavy atom. The molecule has 0 aliphatic carbocycles. The molecule has 2 N–H and O–H groups in total. The van der Waals surface area contributed by atoms with Gasteiger partial charge in [-0.15, -0.1) is 35.3 Å². The molecular formula is C20H25IN4O2S. The quantitative estimate of drug-likeness (QED) is 0.275. The summed E-state index contributed by atoms with van der Waals surface area (Å²) in [6, 6.07) is 10.2. The zero-order valence-electron chi connectivity index (χ0n) is 16.2. The number of aromatic nitrogens is 1. The van der Waals surface area contributed by atoms with Gasteiger partial charge in [0.2, 0.25) is 5.89 Å². The van der Waals surface area contributed by atoms with Crippen molar-refractivity contribution < 1.29 is 9.15 Å². The summed E-state index contributed by atoms with van der Waals surface area (Å²) in [5.74, 6) is 2.24. The lowest BCUT2D eigenvalue weighted by molar-refractivity contribution is 0.336. The second-order valence-electron chi connectivity index (χ2n) is 5.94. The molecule has 150 valence electrons. The lowest BCUT2D eigenvalue weighted by atomic mass is 10.1. The number of halogens is 1. The molecule has 2 aromatic heterocycles. The zero-order chi connectivity index (χ0) is 19.1. The number of oxazole rings is 1. The number of nitrogens with zero attached hydrogens (tertiary/aromatic N) is 2. The average molecular weight is 512 g/mol. The van der Waals surface area contributed by atoms with Crippen LogP contribution in [0.1, 0.15) is 23.7 Å². The van der Waals surface area contributed by atoms with Crippen LogP contribution >= 0.6 is 35.3 Å². The summed E-state index contributed by atoms with van der Waals surface area (Å²) in [5.41, 5.74) is 3.09. The van der Waals surface area contributed by atoms with Crippen molar-refractivity contribution in [1.29, 1.82) is 0 Å². The van der Waals surface area contributed by atoms with Crippen LogP contribution in [0.25, 0.3) is 10.8 Å². The van der Waals surface area contributed by atoms with Gasteiger partial charge in [0.15, 0.2) is 5.96 Å². The second-order valence-corrected chi connectivity index (χ2v) is 6.89. The Hall–Kier alpha value is -2.07. The molecule has 2 heterocycles. The summed E-state index contributed by atoms with van der Waals surface area (Å²) < 4.78 is 11.3. The van der Waals surface area contributed by atoms with Crippen LogP contribution < -0.4 is 15.4 Å². The summed E-state index contributed by atoms with van der Waals surface area (Å²) in [6.07, 6.45) is 1.67. The third-order valence-corrected chi connectivity index (χ3v) is 4.77. The molecule has 6 nitrogen and oxygen atoms in total. The first kappa shape index (κ1) is 22.2. The van der Waals surface area contributed by atoms with Gasteiger partial charge in [-0.1, -0.05) is 18.2 Å². The van der Waals surface area contributed by atoms with E-state index in [1.807, 2.05) is 24.4 Å². The van der Waals surface area contributed by atoms with E-state index < -0.39 is 0 Å². The molecule has 0 spiro atoms. The molecule has 0 aliphatic rings. The van der Waals surface area contributed by atoms with Gasteiger partial charge in [0.05, 0.1) is 23.7 Å². The van der Waals surface area contributed by atoms with E-state index in [0.717, 1.165) is 21.9 Å². The van der Waals surface area contributed by atoms with Gasteiger partial charge >= 0.3 is 0 Å². The summed E-state index contributed by atoms with van der Waals surface area (Å²) in [6.45, 7) is 5.84. The molecule has 0 saturated heterocycles. The van der Waals surface area contributed by atoms with Crippen LogP contribution in [-0.4, -0.2) is 24.6 Å². The lowest BCUT2D eigenvalue weighted by Gasteiger charge is -2.14. The number of guanidine groups is 1. The van der Waals surface area contributed by atoms with Crippen LogP contribution in [0.4, 0.5) is 0 Å². The molecule has 0 fully saturated rings. The predicted molar refractivity (Wildman–Crippen MR) is 125 cm³/mol. The van der Waals surface area contributed by atoms with E-state index in [0.29, 0.717) is 31.5 Å². The highest BCUT2D eigenvalue weighted by molar-refractivity contribution is 14.0. The minimum absolute atomic E-state index is 0. The van der Waals surface area contributed by atoms with Crippen LogP contribution in [0.2, 0.25) is 0 Å². The summed E-state index contributed by atoms with van der Waals surface area (Å²) in [4.78, 5) is 9.79. The molecule has 0 unspecified atom stereocenters. The van der Waals surface area contributed by atoms with Crippen molar-refractivity contribution in [2.45, 2.75) is 26.9 Å². The monoisotopic (exact) mass is 512 g/mol. The molecule has 0 bridgehead atoms. The maximum Gasteiger partial charge on any atom is 0.236 e. The zero-order valence-corrected chi connectivity index (χ0v) is 19.3. The normalized spacial score (nSPS) is 11.0. The first-order valence-electron chi connectivity index (χ1n) is 8.84. The van der Waals surface area contributed by atoms with E-state index in [9.17, 15) is 0 Å². The largest absolute Gasteiger partial charge is 0.494 e. The van der Waals surface area contributed by atoms with Crippen molar-refractivity contribution in [2.75, 3.05) is 13.7 Å². The van der Waals surface area contributed by atoms with E-state index in [4.69, 9.17) is 9.15 Å². The Kier molecular flexibility index (Phi) is 8.78. The van der Waals surface area contributed by atoms with Gasteiger partial charge in [-0.2, -0.15) is 0 Å². The average Bonchev–Trinajstić information content (AvgIpc) is 3.35. The second kappa shape index (κ2) is 11.1. The molecule has 0 radical (unpaired) electrons. The molecule has 1 aromatic carbocycles. The molecular weight excluding hydrogens is 487 g/mol. The fourth-order valence-electron chi connectivity index (χ4n) is 2.57. The molecule has 0 saturated carbocycles. The highest BCUT2D eigenvalue weighted by atomic mass is 127. The Morgan fingerprint density at radius 2 is 2.07 bits per heavy atom. The van der Waals surface area contributed by atoms with Crippen LogP contribution in [0, 0.1) is 6.92 Å². The van der Waals surface area contributed by atoms with Crippen LogP contribution in [-0.2, 0) is 13.1 Å². The Labute approximate surface area is 186 Å². The van der Waals surface area contributed by atoms with E-state index in [-0.39, 0.29) is 24.0 Å². The van der Waals surface area contributed by atoms with Crippen molar-refractivity contribution in [3.8, 4) is 16.5 Å². The first-order valence-corrected chi connectivity index (χ1v) is 9.72. The Bertz CT molecular complexity index is 894. The molecule has 28 heavy (non-hydrogen) atoms. The van der Waals surface area contributed by atoms with Crippen molar-refractivity contribution >= 4 is 41.3 Å². The number of aliphatic imine (C=N–C) groups is 1. The molecule has 0 atom stereocenters. The van der Waals surface area contributed by atoms with Gasteiger partial charge in [0, 0.05) is 19.2 Å². The molecule has 3 aromatic rings. The van der Waals surface area contributed by atoms with Crippen LogP contribution in [0.5, 0.6) is 5.75 Å². The Morgan fingerprint density at radius 3 is 2.79 bits per heavy atom. The molecule has 0 aliphatic heterocycles. The molecule has 0 amide bonds. The van der Waals surface area contributed by atoms with Gasteiger partial charge in [0.25, 0.3) is 0 Å². The van der Waals surface area contributed by atoms with Gasteiger partial charge in [0.1, 0.15) is 12.0 Å². The summed E-state index contributed by atoms with van der Waals surface area (Å²) in [7, 11) is 1.74. The van der Waals surface area contributed by atoms with Gasteiger partial charge < -0.3 is 19.8 Å². The van der Waals surface area contributed by atoms with Crippen molar-refractivity contribution in [3.05, 3.63) is 58.8 Å². The highest BCUT2D eigenvalue weighted by Gasteiger charge is 2.09. The minimum Gasteiger partial charge on any atom is -0.494 e. The molecule has 3 rings (SSSR count). The minimum atomic E-state index is 0. The number of nitrogens with one attached hydrogen (secondary N) is 2. The highest BCUT2D eigenvalue weighted by Crippen LogP contribution is 2.23. The third-order valence-electron chi connectivity index (χ3n) is 3.91. The number of hydrogen-bond donors (Lipinski definition) is 2. The van der Waals surface area contributed by atoms with Gasteiger partial charge in [-0.25, -0.2) is 4.98 Å². The van der Waals surface area contributed by atoms with Crippen LogP contribution in [0.15, 0.2) is 51.4 Å². The van der Waals surface area contributed by atoms with Crippen molar-refractivity contribution in [3.63, 3.8) is 0 Å². The van der Waals surface area contributed by atoms with Gasteiger partial charge in [-0.05, 0) is 36.9 Å². The maximum absolute atomic E-state index is 5.73. The lowest BCUT2D eigenvalue weighted by Crippen LogP contribution is -2.36. The number of thiophene rings is 1. The topological polar surface area (TPSA) is 71.7 Å². The maximum atomic E-state index is 5.73. The van der Waals surface area contributed by atoms with E-state index in [1.54, 1.807) is 24.6 Å². The molecule has 8 heteroatoms. The van der Waals surface area contributed by atoms with Crippen LogP contribution in [0.3, 0.4) is 0 Å². The van der Waals surface area contributed by atoms with Crippen molar-refractivity contribution in [1.82, 2.24) is 15.6 Å². The SMILES string of the molecule is CCOc1cc(C)ccc1CNC(=NC)NCc1coc(-c2cccs2)n1.I. The number of ether oxygens (including phenoxy) is 1. The number of benzene rings is 1. The standard InChI is InChI=1S/C20H24N4O2S.HI/c1-4-25-17-10-14(2)7-8-15(17)11-22-20(21-3)23-12-16-13-26-19(24-16)18-6-5-9-27-18;/h5-10,13H,4,11-12H2,1-3H3,(H2,21,22,23);1H. The van der Waals surface area contributed by atoms with E-state index >= 15 is 0 Å². The fourth-order valence-corrected chi connectivity index (χ4v) is 3.23. The van der Waals surface area contributed by atoms with Gasteiger partial charge in [-0.3, -0.25) is 4.99 Å². The third kappa shape index (κ3) is 5.96. The number of rotatable bonds is 7. The predicted octanol–water partition coefficient (Wildman–Crippen LogP) is 4.59. The Balaban J connectivity index is 0.00000280. The summed E-state index contributed by atoms with van der Waals surface area (Å²) >= 11 is 1.61. The fraction of sp³-hybridized carbons (Fsp3) is 0.300. The number of hydrogen-bond acceptors (Lipinski definition) is 5. The van der Waals surface area contributed by atoms with E-state index in [2.05, 4.69) is 45.7 Å². The smallest absolute Gasteiger partial charge is 0.236 e. The first-order chi connectivity index (χ1) is 13.2. The summed E-state index contributed by atoms with van der Waals surface area (Å²) in [5, 5.41) is 8.57. The van der Waals surface area contributed by atoms with E-state index in [1.165, 1.54) is 5.56 Å². The number of aryl methyl sites for hydroxylation is 1. The van der Waals surface area contributed by atoms with Crippen molar-refractivity contribution in [2.24, 2.45) is 4.99 Å².